The minimum atomic E-state index is -0.889. The molecule has 2 atom stereocenters. The summed E-state index contributed by atoms with van der Waals surface area (Å²) in [7, 11) is 0. The molecule has 11 heteroatoms. The largest absolute Gasteiger partial charge is 0.370 e. The van der Waals surface area contributed by atoms with Crippen molar-refractivity contribution in [1.29, 1.82) is 0 Å². The molecule has 3 amide bonds. The molecule has 0 bridgehead atoms. The summed E-state index contributed by atoms with van der Waals surface area (Å²) in [6.07, 6.45) is 2.92. The number of guanidine groups is 1. The summed E-state index contributed by atoms with van der Waals surface area (Å²) in [6, 6.07) is 12.4. The van der Waals surface area contributed by atoms with Crippen LogP contribution in [0.1, 0.15) is 28.8 Å². The highest BCUT2D eigenvalue weighted by Crippen LogP contribution is 2.19. The minimum Gasteiger partial charge on any atom is -0.370 e. The lowest BCUT2D eigenvalue weighted by Gasteiger charge is -2.16. The third kappa shape index (κ3) is 7.05. The zero-order chi connectivity index (χ0) is 25.4. The van der Waals surface area contributed by atoms with E-state index in [-0.39, 0.29) is 23.9 Å². The van der Waals surface area contributed by atoms with Crippen LogP contribution in [0, 0.1) is 0 Å². The molecule has 1 heterocycles. The van der Waals surface area contributed by atoms with E-state index < -0.39 is 23.9 Å². The van der Waals surface area contributed by atoms with Gasteiger partial charge in [-0.25, -0.2) is 0 Å². The van der Waals surface area contributed by atoms with Crippen LogP contribution in [0.5, 0.6) is 0 Å². The average molecular weight is 479 g/mol. The Balaban J connectivity index is 1.59. The Morgan fingerprint density at radius 2 is 1.80 bits per heavy atom. The molecule has 0 aliphatic rings. The smallest absolute Gasteiger partial charge is 0.252 e. The predicted molar refractivity (Wildman–Crippen MR) is 135 cm³/mol. The number of primary amides is 1. The molecule has 3 aromatic rings. The molecule has 2 unspecified atom stereocenters. The van der Waals surface area contributed by atoms with Gasteiger partial charge in [0.25, 0.3) is 5.91 Å². The third-order valence-corrected chi connectivity index (χ3v) is 5.44. The van der Waals surface area contributed by atoms with Crippen LogP contribution >= 0.6 is 0 Å². The molecule has 0 aliphatic carbocycles. The van der Waals surface area contributed by atoms with Gasteiger partial charge in [0.05, 0.1) is 6.04 Å². The van der Waals surface area contributed by atoms with Crippen LogP contribution in [0.2, 0.25) is 0 Å². The molecule has 2 aromatic carbocycles. The van der Waals surface area contributed by atoms with Crippen LogP contribution in [0.15, 0.2) is 59.7 Å². The Bertz CT molecular complexity index is 1230. The molecule has 0 spiro atoms. The minimum absolute atomic E-state index is 0.0512. The molecule has 1 aromatic heterocycles. The van der Waals surface area contributed by atoms with E-state index in [1.807, 2.05) is 30.5 Å². The lowest BCUT2D eigenvalue weighted by molar-refractivity contribution is -0.120. The van der Waals surface area contributed by atoms with E-state index in [1.165, 1.54) is 6.07 Å². The lowest BCUT2D eigenvalue weighted by atomic mass is 10.0. The molecular formula is C24H30N8O3. The number of anilines is 1. The summed E-state index contributed by atoms with van der Waals surface area (Å²) in [6.45, 7) is 0.308. The van der Waals surface area contributed by atoms with Crippen molar-refractivity contribution < 1.29 is 14.4 Å². The number of nitrogens with one attached hydrogen (secondary N) is 3. The zero-order valence-corrected chi connectivity index (χ0v) is 19.2. The number of H-pyrrole nitrogens is 1. The van der Waals surface area contributed by atoms with Crippen LogP contribution in [-0.2, 0) is 16.0 Å². The first-order chi connectivity index (χ1) is 16.7. The standard InChI is InChI=1S/C24H30N8O3/c25-18(12-15-13-30-19-8-2-1-7-17(15)19)23(35)31-16-6-3-5-14(11-16)22(34)32-20(21(26)33)9-4-10-29-24(27)28/h1-3,5-8,11,13,18,20,30H,4,9-10,12,25H2,(H2,26,33)(H,31,35)(H,32,34)(H4,27,28,29). The van der Waals surface area contributed by atoms with Gasteiger partial charge >= 0.3 is 0 Å². The number of para-hydroxylation sites is 1. The first kappa shape index (κ1) is 25.2. The second kappa shape index (κ2) is 11.7. The highest BCUT2D eigenvalue weighted by molar-refractivity contribution is 6.00. The van der Waals surface area contributed by atoms with Gasteiger partial charge < -0.3 is 38.6 Å². The number of carbonyl (C=O) groups excluding carboxylic acids is 3. The van der Waals surface area contributed by atoms with Gasteiger partial charge in [-0.3, -0.25) is 19.4 Å². The van der Waals surface area contributed by atoms with Crippen LogP contribution in [0.4, 0.5) is 5.69 Å². The molecule has 3 rings (SSSR count). The fourth-order valence-electron chi connectivity index (χ4n) is 3.63. The SMILES string of the molecule is NC(=O)C(CCCN=C(N)N)NC(=O)c1cccc(NC(=O)C(N)Cc2c[nH]c3ccccc23)c1. The second-order valence-electron chi connectivity index (χ2n) is 8.12. The topological polar surface area (TPSA) is 208 Å². The number of nitrogens with two attached hydrogens (primary N) is 4. The van der Waals surface area contributed by atoms with Gasteiger partial charge in [0.15, 0.2) is 5.96 Å². The summed E-state index contributed by atoms with van der Waals surface area (Å²) in [5.41, 5.74) is 24.7. The molecule has 0 aliphatic heterocycles. The van der Waals surface area contributed by atoms with Crippen molar-refractivity contribution in [2.24, 2.45) is 27.9 Å². The average Bonchev–Trinajstić information content (AvgIpc) is 3.23. The number of aromatic amines is 1. The molecule has 11 nitrogen and oxygen atoms in total. The Hall–Kier alpha value is -4.38. The van der Waals surface area contributed by atoms with Gasteiger partial charge in [0.1, 0.15) is 6.04 Å². The number of carbonyl (C=O) groups is 3. The van der Waals surface area contributed by atoms with Gasteiger partial charge in [-0.1, -0.05) is 24.3 Å². The summed E-state index contributed by atoms with van der Waals surface area (Å²) < 4.78 is 0. The van der Waals surface area contributed by atoms with Crippen molar-refractivity contribution in [2.75, 3.05) is 11.9 Å². The Morgan fingerprint density at radius 1 is 1.03 bits per heavy atom. The third-order valence-electron chi connectivity index (χ3n) is 5.44. The number of rotatable bonds is 11. The quantitative estimate of drug-likeness (QED) is 0.117. The number of nitrogens with zero attached hydrogens (tertiary/aromatic N) is 1. The summed E-state index contributed by atoms with van der Waals surface area (Å²) in [4.78, 5) is 44.1. The Morgan fingerprint density at radius 3 is 2.54 bits per heavy atom. The number of fused-ring (bicyclic) bond motifs is 1. The van der Waals surface area contributed by atoms with E-state index in [0.717, 1.165) is 16.5 Å². The normalized spacial score (nSPS) is 12.5. The van der Waals surface area contributed by atoms with Crippen molar-refractivity contribution >= 4 is 40.3 Å². The van der Waals surface area contributed by atoms with Gasteiger partial charge in [-0.15, -0.1) is 0 Å². The summed E-state index contributed by atoms with van der Waals surface area (Å²) in [5.74, 6) is -1.61. The van der Waals surface area contributed by atoms with Crippen LogP contribution in [0.3, 0.4) is 0 Å². The highest BCUT2D eigenvalue weighted by Gasteiger charge is 2.20. The maximum absolute atomic E-state index is 12.7. The van der Waals surface area contributed by atoms with Crippen LogP contribution in [0.25, 0.3) is 10.9 Å². The molecule has 0 radical (unpaired) electrons. The lowest BCUT2D eigenvalue weighted by Crippen LogP contribution is -2.44. The maximum Gasteiger partial charge on any atom is 0.252 e. The van der Waals surface area contributed by atoms with E-state index in [4.69, 9.17) is 22.9 Å². The fourth-order valence-corrected chi connectivity index (χ4v) is 3.63. The molecular weight excluding hydrogens is 448 g/mol. The molecule has 0 fully saturated rings. The fraction of sp³-hybridized carbons (Fsp3) is 0.250. The zero-order valence-electron chi connectivity index (χ0n) is 19.2. The summed E-state index contributed by atoms with van der Waals surface area (Å²) in [5, 5.41) is 6.36. The monoisotopic (exact) mass is 478 g/mol. The highest BCUT2D eigenvalue weighted by atomic mass is 16.2. The van der Waals surface area contributed by atoms with Crippen LogP contribution in [-0.4, -0.2) is 47.3 Å². The number of aliphatic imine (C=N–C) groups is 1. The van der Waals surface area contributed by atoms with E-state index >= 15 is 0 Å². The first-order valence-corrected chi connectivity index (χ1v) is 11.1. The van der Waals surface area contributed by atoms with Crippen molar-refractivity contribution in [1.82, 2.24) is 10.3 Å². The molecule has 35 heavy (non-hydrogen) atoms. The number of hydrogen-bond donors (Lipinski definition) is 7. The maximum atomic E-state index is 12.7. The number of hydrogen-bond acceptors (Lipinski definition) is 5. The molecule has 0 saturated heterocycles. The molecule has 11 N–H and O–H groups in total. The van der Waals surface area contributed by atoms with E-state index in [2.05, 4.69) is 20.6 Å². The van der Waals surface area contributed by atoms with Crippen molar-refractivity contribution in [3.63, 3.8) is 0 Å². The predicted octanol–water partition coefficient (Wildman–Crippen LogP) is 0.314. The number of benzene rings is 2. The van der Waals surface area contributed by atoms with E-state index in [0.29, 0.717) is 25.1 Å². The summed E-state index contributed by atoms with van der Waals surface area (Å²) >= 11 is 0. The molecule has 0 saturated carbocycles. The van der Waals surface area contributed by atoms with E-state index in [9.17, 15) is 14.4 Å². The van der Waals surface area contributed by atoms with Crippen LogP contribution < -0.4 is 33.6 Å². The second-order valence-corrected chi connectivity index (χ2v) is 8.12. The van der Waals surface area contributed by atoms with Crippen molar-refractivity contribution in [3.8, 4) is 0 Å². The molecule has 184 valence electrons. The van der Waals surface area contributed by atoms with E-state index in [1.54, 1.807) is 18.2 Å². The first-order valence-electron chi connectivity index (χ1n) is 11.1. The van der Waals surface area contributed by atoms with Gasteiger partial charge in [0, 0.05) is 34.9 Å². The van der Waals surface area contributed by atoms with Gasteiger partial charge in [0.2, 0.25) is 11.8 Å². The van der Waals surface area contributed by atoms with Gasteiger partial charge in [-0.2, -0.15) is 0 Å². The van der Waals surface area contributed by atoms with Gasteiger partial charge in [-0.05, 0) is 49.1 Å². The number of aromatic nitrogens is 1. The van der Waals surface area contributed by atoms with Crippen molar-refractivity contribution in [2.45, 2.75) is 31.3 Å². The number of amides is 3. The Labute approximate surface area is 202 Å². The Kier molecular flexibility index (Phi) is 8.41. The van der Waals surface area contributed by atoms with Crippen molar-refractivity contribution in [3.05, 3.63) is 65.9 Å².